The molecule has 28 heavy (non-hydrogen) atoms. The van der Waals surface area contributed by atoms with Crippen LogP contribution in [0.15, 0.2) is 42.5 Å². The van der Waals surface area contributed by atoms with E-state index in [9.17, 15) is 24.6 Å². The molecule has 0 saturated heterocycles. The highest BCUT2D eigenvalue weighted by Crippen LogP contribution is 2.25. The molecule has 1 aliphatic heterocycles. The Bertz CT molecular complexity index is 925. The van der Waals surface area contributed by atoms with Gasteiger partial charge in [-0.25, -0.2) is 9.59 Å². The van der Waals surface area contributed by atoms with Crippen LogP contribution in [0.25, 0.3) is 0 Å². The van der Waals surface area contributed by atoms with Gasteiger partial charge in [-0.1, -0.05) is 24.3 Å². The molecule has 1 aliphatic rings. The second-order valence-electron chi connectivity index (χ2n) is 6.31. The van der Waals surface area contributed by atoms with Crippen molar-refractivity contribution in [2.24, 2.45) is 0 Å². The van der Waals surface area contributed by atoms with Gasteiger partial charge in [-0.05, 0) is 23.3 Å². The monoisotopic (exact) mass is 385 g/mol. The van der Waals surface area contributed by atoms with Gasteiger partial charge in [0.25, 0.3) is 5.91 Å². The summed E-state index contributed by atoms with van der Waals surface area (Å²) in [6, 6.07) is 10.0. The predicted molar refractivity (Wildman–Crippen MR) is 96.6 cm³/mol. The Morgan fingerprint density at radius 3 is 2.50 bits per heavy atom. The number of carbonyl (C=O) groups is 3. The van der Waals surface area contributed by atoms with E-state index in [0.29, 0.717) is 6.42 Å². The average molecular weight is 385 g/mol. The normalized spacial score (nSPS) is 15.5. The van der Waals surface area contributed by atoms with E-state index in [1.165, 1.54) is 24.1 Å². The maximum Gasteiger partial charge on any atom is 0.342 e. The topological polar surface area (TPSA) is 113 Å². The molecule has 0 bridgehead atoms. The van der Waals surface area contributed by atoms with Crippen LogP contribution in [0.3, 0.4) is 0 Å². The minimum absolute atomic E-state index is 0.181. The van der Waals surface area contributed by atoms with Crippen LogP contribution in [0.5, 0.6) is 11.5 Å². The van der Waals surface area contributed by atoms with Crippen LogP contribution in [0.4, 0.5) is 0 Å². The summed E-state index contributed by atoms with van der Waals surface area (Å²) in [6.45, 7) is -0.411. The molecule has 146 valence electrons. The summed E-state index contributed by atoms with van der Waals surface area (Å²) in [6.07, 6.45) is 0.307. The van der Waals surface area contributed by atoms with Crippen LogP contribution >= 0.6 is 0 Å². The number of ether oxygens (including phenoxy) is 2. The number of aromatic hydroxyl groups is 2. The molecule has 8 nitrogen and oxygen atoms in total. The maximum absolute atomic E-state index is 12.7. The van der Waals surface area contributed by atoms with Crippen molar-refractivity contribution in [1.29, 1.82) is 0 Å². The lowest BCUT2D eigenvalue weighted by Gasteiger charge is -2.35. The number of esters is 2. The van der Waals surface area contributed by atoms with E-state index < -0.39 is 36.2 Å². The van der Waals surface area contributed by atoms with Gasteiger partial charge >= 0.3 is 11.9 Å². The van der Waals surface area contributed by atoms with E-state index in [1.807, 2.05) is 24.3 Å². The molecule has 0 spiro atoms. The van der Waals surface area contributed by atoms with Crippen molar-refractivity contribution >= 4 is 17.8 Å². The van der Waals surface area contributed by atoms with Gasteiger partial charge in [0, 0.05) is 19.0 Å². The van der Waals surface area contributed by atoms with Gasteiger partial charge in [-0.15, -0.1) is 0 Å². The first-order valence-corrected chi connectivity index (χ1v) is 8.54. The molecule has 2 N–H and O–H groups in total. The van der Waals surface area contributed by atoms with E-state index >= 15 is 0 Å². The molecule has 1 atom stereocenters. The zero-order valence-corrected chi connectivity index (χ0v) is 15.1. The number of carbonyl (C=O) groups excluding carboxylic acids is 3. The number of hydrogen-bond donors (Lipinski definition) is 2. The van der Waals surface area contributed by atoms with Crippen LogP contribution in [0, 0.1) is 0 Å². The number of methoxy groups -OCH3 is 1. The highest BCUT2D eigenvalue weighted by Gasteiger charge is 2.35. The predicted octanol–water partition coefficient (Wildman–Crippen LogP) is 1.38. The van der Waals surface area contributed by atoms with E-state index in [2.05, 4.69) is 0 Å². The minimum Gasteiger partial charge on any atom is -0.508 e. The Balaban J connectivity index is 1.72. The molecule has 8 heteroatoms. The van der Waals surface area contributed by atoms with Crippen molar-refractivity contribution in [2.75, 3.05) is 13.7 Å². The van der Waals surface area contributed by atoms with Crippen molar-refractivity contribution in [1.82, 2.24) is 4.90 Å². The minimum atomic E-state index is -0.919. The van der Waals surface area contributed by atoms with Crippen molar-refractivity contribution in [3.05, 3.63) is 59.2 Å². The van der Waals surface area contributed by atoms with E-state index in [4.69, 9.17) is 9.47 Å². The summed E-state index contributed by atoms with van der Waals surface area (Å²) in [5, 5.41) is 19.0. The van der Waals surface area contributed by atoms with Crippen LogP contribution in [-0.2, 0) is 32.0 Å². The number of benzene rings is 2. The fraction of sp³-hybridized carbons (Fsp3) is 0.250. The number of nitrogens with zero attached hydrogens (tertiary/aromatic N) is 1. The molecule has 0 aromatic heterocycles. The SMILES string of the molecule is COC(=O)[C@@H]1Cc2ccccc2CN1C(=O)COC(=O)c1ccc(O)cc1O. The van der Waals surface area contributed by atoms with E-state index in [1.54, 1.807) is 0 Å². The fourth-order valence-electron chi connectivity index (χ4n) is 3.11. The largest absolute Gasteiger partial charge is 0.508 e. The molecular formula is C20H19NO7. The van der Waals surface area contributed by atoms with Gasteiger partial charge < -0.3 is 24.6 Å². The third-order valence-electron chi connectivity index (χ3n) is 4.57. The number of amides is 1. The zero-order chi connectivity index (χ0) is 20.3. The van der Waals surface area contributed by atoms with Gasteiger partial charge in [-0.2, -0.15) is 0 Å². The van der Waals surface area contributed by atoms with Crippen LogP contribution in [0.1, 0.15) is 21.5 Å². The van der Waals surface area contributed by atoms with Gasteiger partial charge in [-0.3, -0.25) is 4.79 Å². The van der Waals surface area contributed by atoms with Gasteiger partial charge in [0.1, 0.15) is 23.1 Å². The van der Waals surface area contributed by atoms with E-state index in [0.717, 1.165) is 17.2 Å². The van der Waals surface area contributed by atoms with Crippen LogP contribution in [0.2, 0.25) is 0 Å². The second-order valence-corrected chi connectivity index (χ2v) is 6.31. The number of fused-ring (bicyclic) bond motifs is 1. The fourth-order valence-corrected chi connectivity index (χ4v) is 3.11. The summed E-state index contributed by atoms with van der Waals surface area (Å²) >= 11 is 0. The van der Waals surface area contributed by atoms with Gasteiger partial charge in [0.2, 0.25) is 0 Å². The van der Waals surface area contributed by atoms with Crippen LogP contribution in [-0.4, -0.2) is 52.7 Å². The van der Waals surface area contributed by atoms with Crippen molar-refractivity contribution in [3.8, 4) is 11.5 Å². The maximum atomic E-state index is 12.7. The smallest absolute Gasteiger partial charge is 0.342 e. The molecule has 2 aromatic carbocycles. The Kier molecular flexibility index (Phi) is 5.49. The summed E-state index contributed by atoms with van der Waals surface area (Å²) < 4.78 is 9.80. The summed E-state index contributed by atoms with van der Waals surface area (Å²) in [4.78, 5) is 38.2. The quantitative estimate of drug-likeness (QED) is 0.765. The first-order valence-electron chi connectivity index (χ1n) is 8.54. The molecule has 0 unspecified atom stereocenters. The summed E-state index contributed by atoms with van der Waals surface area (Å²) in [5.74, 6) is -2.70. The molecule has 2 aromatic rings. The Hall–Kier alpha value is -3.55. The van der Waals surface area contributed by atoms with Crippen molar-refractivity contribution in [3.63, 3.8) is 0 Å². The molecule has 0 aliphatic carbocycles. The summed E-state index contributed by atoms with van der Waals surface area (Å²) in [7, 11) is 1.25. The van der Waals surface area contributed by atoms with Crippen molar-refractivity contribution in [2.45, 2.75) is 19.0 Å². The first kappa shape index (κ1) is 19.2. The lowest BCUT2D eigenvalue weighted by atomic mass is 9.94. The standard InChI is InChI=1S/C20H19NO7/c1-27-20(26)16-8-12-4-2-3-5-13(12)10-21(16)18(24)11-28-19(25)15-7-6-14(22)9-17(15)23/h2-7,9,16,22-23H,8,10-11H2,1H3/t16-/m0/s1. The van der Waals surface area contributed by atoms with Crippen LogP contribution < -0.4 is 0 Å². The molecule has 0 radical (unpaired) electrons. The molecule has 3 rings (SSSR count). The number of hydrogen-bond acceptors (Lipinski definition) is 7. The van der Waals surface area contributed by atoms with Crippen molar-refractivity contribution < 1.29 is 34.1 Å². The van der Waals surface area contributed by atoms with Gasteiger partial charge in [0.15, 0.2) is 6.61 Å². The lowest BCUT2D eigenvalue weighted by molar-refractivity contribution is -0.155. The first-order chi connectivity index (χ1) is 13.4. The highest BCUT2D eigenvalue weighted by atomic mass is 16.5. The molecular weight excluding hydrogens is 366 g/mol. The third kappa shape index (κ3) is 3.90. The highest BCUT2D eigenvalue weighted by molar-refractivity contribution is 5.94. The number of phenolic OH excluding ortho intramolecular Hbond substituents is 2. The molecule has 1 heterocycles. The third-order valence-corrected chi connectivity index (χ3v) is 4.57. The molecule has 0 fully saturated rings. The Morgan fingerprint density at radius 1 is 1.11 bits per heavy atom. The molecule has 0 saturated carbocycles. The lowest BCUT2D eigenvalue weighted by Crippen LogP contribution is -2.50. The summed E-state index contributed by atoms with van der Waals surface area (Å²) in [5.41, 5.74) is 1.67. The Labute approximate surface area is 160 Å². The average Bonchev–Trinajstić information content (AvgIpc) is 2.70. The van der Waals surface area contributed by atoms with Gasteiger partial charge in [0.05, 0.1) is 7.11 Å². The second kappa shape index (κ2) is 7.99. The zero-order valence-electron chi connectivity index (χ0n) is 15.1. The molecule has 1 amide bonds. The Morgan fingerprint density at radius 2 is 1.82 bits per heavy atom. The number of rotatable bonds is 4. The van der Waals surface area contributed by atoms with E-state index in [-0.39, 0.29) is 17.9 Å². The number of phenols is 2.